The van der Waals surface area contributed by atoms with Crippen LogP contribution in [0.5, 0.6) is 5.75 Å². The summed E-state index contributed by atoms with van der Waals surface area (Å²) < 4.78 is 4.61. The van der Waals surface area contributed by atoms with Crippen molar-refractivity contribution in [2.24, 2.45) is 0 Å². The molecule has 82 valence electrons. The normalized spacial score (nSPS) is 9.25. The van der Waals surface area contributed by atoms with Crippen molar-refractivity contribution in [3.05, 3.63) is 37.9 Å². The lowest BCUT2D eigenvalue weighted by Crippen LogP contribution is -1.99. The first kappa shape index (κ1) is 11.4. The van der Waals surface area contributed by atoms with Crippen molar-refractivity contribution >= 4 is 11.4 Å². The molecule has 0 saturated carbocycles. The van der Waals surface area contributed by atoms with Crippen LogP contribution in [0.25, 0.3) is 0 Å². The fourth-order valence-corrected chi connectivity index (χ4v) is 1.14. The van der Waals surface area contributed by atoms with E-state index in [0.717, 1.165) is 19.2 Å². The standard InChI is InChI=1S/C8H5N3O5/c1-16-8-6(10(12)13)2-5(4-9)3-7(8)11(14)15/h2-3H,1H3. The van der Waals surface area contributed by atoms with Gasteiger partial charge in [-0.05, 0) is 0 Å². The van der Waals surface area contributed by atoms with Crippen molar-refractivity contribution in [3.63, 3.8) is 0 Å². The van der Waals surface area contributed by atoms with E-state index >= 15 is 0 Å². The number of ether oxygens (including phenoxy) is 1. The quantitative estimate of drug-likeness (QED) is 0.563. The summed E-state index contributed by atoms with van der Waals surface area (Å²) in [7, 11) is 1.08. The van der Waals surface area contributed by atoms with Crippen LogP contribution in [0.3, 0.4) is 0 Å². The van der Waals surface area contributed by atoms with Crippen molar-refractivity contribution in [1.82, 2.24) is 0 Å². The summed E-state index contributed by atoms with van der Waals surface area (Å²) >= 11 is 0. The van der Waals surface area contributed by atoms with Gasteiger partial charge in [0, 0.05) is 12.1 Å². The molecule has 0 heterocycles. The summed E-state index contributed by atoms with van der Waals surface area (Å²) in [5.74, 6) is -0.464. The zero-order chi connectivity index (χ0) is 12.3. The minimum atomic E-state index is -0.841. The Hall–Kier alpha value is -2.69. The van der Waals surface area contributed by atoms with Crippen LogP contribution in [0.1, 0.15) is 5.56 Å². The van der Waals surface area contributed by atoms with Crippen LogP contribution in [-0.4, -0.2) is 17.0 Å². The van der Waals surface area contributed by atoms with Gasteiger partial charge in [-0.15, -0.1) is 0 Å². The maximum atomic E-state index is 10.6. The molecule has 0 aromatic heterocycles. The van der Waals surface area contributed by atoms with Gasteiger partial charge in [0.05, 0.1) is 28.6 Å². The molecule has 1 aromatic carbocycles. The Balaban J connectivity index is 3.61. The number of benzene rings is 1. The van der Waals surface area contributed by atoms with E-state index in [1.165, 1.54) is 0 Å². The number of rotatable bonds is 3. The fraction of sp³-hybridized carbons (Fsp3) is 0.125. The molecule has 0 aliphatic heterocycles. The van der Waals surface area contributed by atoms with Crippen LogP contribution in [0.15, 0.2) is 12.1 Å². The van der Waals surface area contributed by atoms with Gasteiger partial charge in [0.15, 0.2) is 0 Å². The summed E-state index contributed by atoms with van der Waals surface area (Å²) in [4.78, 5) is 19.6. The summed E-state index contributed by atoms with van der Waals surface area (Å²) in [5, 5.41) is 29.8. The van der Waals surface area contributed by atoms with E-state index in [1.54, 1.807) is 6.07 Å². The second-order valence-corrected chi connectivity index (χ2v) is 2.67. The summed E-state index contributed by atoms with van der Waals surface area (Å²) in [6.45, 7) is 0. The fourth-order valence-electron chi connectivity index (χ4n) is 1.14. The molecule has 0 radical (unpaired) electrons. The minimum absolute atomic E-state index is 0.167. The van der Waals surface area contributed by atoms with Crippen LogP contribution < -0.4 is 4.74 Å². The third-order valence-corrected chi connectivity index (χ3v) is 1.78. The Kier molecular flexibility index (Phi) is 3.00. The molecule has 0 unspecified atom stereocenters. The van der Waals surface area contributed by atoms with E-state index in [4.69, 9.17) is 5.26 Å². The van der Waals surface area contributed by atoms with Crippen LogP contribution in [0.4, 0.5) is 11.4 Å². The predicted octanol–water partition coefficient (Wildman–Crippen LogP) is 1.38. The highest BCUT2D eigenvalue weighted by molar-refractivity contribution is 5.63. The van der Waals surface area contributed by atoms with Gasteiger partial charge in [-0.2, -0.15) is 5.26 Å². The summed E-state index contributed by atoms with van der Waals surface area (Å²) in [5.41, 5.74) is -1.37. The summed E-state index contributed by atoms with van der Waals surface area (Å²) in [6, 6.07) is 3.45. The van der Waals surface area contributed by atoms with Gasteiger partial charge in [0.1, 0.15) is 0 Å². The second kappa shape index (κ2) is 4.22. The molecule has 0 fully saturated rings. The molecule has 8 nitrogen and oxygen atoms in total. The van der Waals surface area contributed by atoms with E-state index < -0.39 is 27.0 Å². The third-order valence-electron chi connectivity index (χ3n) is 1.78. The first-order chi connectivity index (χ1) is 7.51. The van der Waals surface area contributed by atoms with Crippen LogP contribution in [0.2, 0.25) is 0 Å². The van der Waals surface area contributed by atoms with Crippen LogP contribution >= 0.6 is 0 Å². The molecule has 0 aliphatic rings. The highest BCUT2D eigenvalue weighted by Gasteiger charge is 2.27. The number of hydrogen-bond acceptors (Lipinski definition) is 6. The lowest BCUT2D eigenvalue weighted by Gasteiger charge is -2.02. The first-order valence-electron chi connectivity index (χ1n) is 3.92. The van der Waals surface area contributed by atoms with Crippen molar-refractivity contribution in [2.75, 3.05) is 7.11 Å². The topological polar surface area (TPSA) is 119 Å². The molecular weight excluding hydrogens is 218 g/mol. The SMILES string of the molecule is COc1c([N+](=O)[O-])cc(C#N)cc1[N+](=O)[O-]. The molecule has 8 heteroatoms. The highest BCUT2D eigenvalue weighted by Crippen LogP contribution is 2.37. The molecule has 0 atom stereocenters. The molecule has 0 aliphatic carbocycles. The molecule has 0 bridgehead atoms. The molecule has 0 amide bonds. The predicted molar refractivity (Wildman–Crippen MR) is 51.0 cm³/mol. The van der Waals surface area contributed by atoms with Gasteiger partial charge in [0.25, 0.3) is 5.75 Å². The number of methoxy groups -OCH3 is 1. The molecule has 16 heavy (non-hydrogen) atoms. The van der Waals surface area contributed by atoms with E-state index in [2.05, 4.69) is 4.74 Å². The molecule has 1 aromatic rings. The van der Waals surface area contributed by atoms with Crippen LogP contribution in [0, 0.1) is 31.6 Å². The molecule has 1 rings (SSSR count). The minimum Gasteiger partial charge on any atom is -0.485 e. The largest absolute Gasteiger partial charge is 0.485 e. The molecular formula is C8H5N3O5. The summed E-state index contributed by atoms with van der Waals surface area (Å²) in [6.07, 6.45) is 0. The van der Waals surface area contributed by atoms with Gasteiger partial charge < -0.3 is 4.74 Å². The Morgan fingerprint density at radius 1 is 1.25 bits per heavy atom. The number of nitriles is 1. The smallest absolute Gasteiger partial charge is 0.319 e. The Morgan fingerprint density at radius 2 is 1.69 bits per heavy atom. The van der Waals surface area contributed by atoms with Gasteiger partial charge >= 0.3 is 11.4 Å². The van der Waals surface area contributed by atoms with Crippen molar-refractivity contribution < 1.29 is 14.6 Å². The first-order valence-corrected chi connectivity index (χ1v) is 3.92. The van der Waals surface area contributed by atoms with Gasteiger partial charge in [-0.3, -0.25) is 20.2 Å². The van der Waals surface area contributed by atoms with Gasteiger partial charge in [0.2, 0.25) is 0 Å². The molecule has 0 N–H and O–H groups in total. The maximum Gasteiger partial charge on any atom is 0.319 e. The van der Waals surface area contributed by atoms with Crippen LogP contribution in [-0.2, 0) is 0 Å². The monoisotopic (exact) mass is 223 g/mol. The van der Waals surface area contributed by atoms with Crippen molar-refractivity contribution in [2.45, 2.75) is 0 Å². The van der Waals surface area contributed by atoms with Crippen molar-refractivity contribution in [3.8, 4) is 11.8 Å². The van der Waals surface area contributed by atoms with E-state index in [9.17, 15) is 20.2 Å². The lowest BCUT2D eigenvalue weighted by molar-refractivity contribution is -0.395. The number of hydrogen-bond donors (Lipinski definition) is 0. The zero-order valence-corrected chi connectivity index (χ0v) is 8.04. The van der Waals surface area contributed by atoms with E-state index in [1.807, 2.05) is 0 Å². The maximum absolute atomic E-state index is 10.6. The van der Waals surface area contributed by atoms with E-state index in [-0.39, 0.29) is 5.56 Å². The highest BCUT2D eigenvalue weighted by atomic mass is 16.6. The Morgan fingerprint density at radius 3 is 1.94 bits per heavy atom. The molecule has 0 saturated heterocycles. The number of nitro groups is 2. The lowest BCUT2D eigenvalue weighted by atomic mass is 10.1. The Bertz CT molecular complexity index is 470. The zero-order valence-electron chi connectivity index (χ0n) is 8.04. The number of nitro benzene ring substituents is 2. The Labute approximate surface area is 89.0 Å². The van der Waals surface area contributed by atoms with Gasteiger partial charge in [-0.25, -0.2) is 0 Å². The average molecular weight is 223 g/mol. The van der Waals surface area contributed by atoms with Crippen molar-refractivity contribution in [1.29, 1.82) is 5.26 Å². The average Bonchev–Trinajstić information content (AvgIpc) is 2.26. The van der Waals surface area contributed by atoms with Gasteiger partial charge in [-0.1, -0.05) is 0 Å². The second-order valence-electron chi connectivity index (χ2n) is 2.67. The third kappa shape index (κ3) is 1.88. The number of nitrogens with zero attached hydrogens (tertiary/aromatic N) is 3. The van der Waals surface area contributed by atoms with E-state index in [0.29, 0.717) is 0 Å². The molecule has 0 spiro atoms.